The number of nitrogens with one attached hydrogen (secondary N) is 1. The van der Waals surface area contributed by atoms with E-state index in [1.807, 2.05) is 5.06 Å². The van der Waals surface area contributed by atoms with Crippen molar-refractivity contribution in [2.75, 3.05) is 25.5 Å². The third-order valence-electron chi connectivity index (χ3n) is 3.75. The number of anilines is 1. The van der Waals surface area contributed by atoms with E-state index in [4.69, 9.17) is 4.84 Å². The SMILES string of the molecule is CON1CCC(Nc2cccc(-c3cccs3)c2)CC1. The average molecular weight is 288 g/mol. The fraction of sp³-hybridized carbons (Fsp3) is 0.375. The van der Waals surface area contributed by atoms with Crippen molar-refractivity contribution >= 4 is 17.0 Å². The number of nitrogens with zero attached hydrogens (tertiary/aromatic N) is 1. The lowest BCUT2D eigenvalue weighted by atomic mass is 10.1. The molecule has 1 N–H and O–H groups in total. The van der Waals surface area contributed by atoms with E-state index in [-0.39, 0.29) is 0 Å². The van der Waals surface area contributed by atoms with E-state index in [1.165, 1.54) is 16.1 Å². The highest BCUT2D eigenvalue weighted by atomic mass is 32.1. The second-order valence-corrected chi connectivity index (χ2v) is 6.04. The molecular formula is C16H20N2OS. The Bertz CT molecular complexity index is 533. The maximum Gasteiger partial charge on any atom is 0.0575 e. The summed E-state index contributed by atoms with van der Waals surface area (Å²) < 4.78 is 0. The maximum atomic E-state index is 5.26. The Morgan fingerprint density at radius 1 is 1.20 bits per heavy atom. The summed E-state index contributed by atoms with van der Waals surface area (Å²) in [6, 6.07) is 13.5. The molecule has 1 saturated heterocycles. The minimum atomic E-state index is 0.542. The van der Waals surface area contributed by atoms with Crippen LogP contribution in [0.25, 0.3) is 10.4 Å². The molecule has 4 heteroatoms. The van der Waals surface area contributed by atoms with Crippen molar-refractivity contribution in [1.82, 2.24) is 5.06 Å². The number of hydrogen-bond acceptors (Lipinski definition) is 4. The summed E-state index contributed by atoms with van der Waals surface area (Å²) in [5.74, 6) is 0. The van der Waals surface area contributed by atoms with Crippen LogP contribution in [0.5, 0.6) is 0 Å². The van der Waals surface area contributed by atoms with Crippen LogP contribution in [0, 0.1) is 0 Å². The van der Waals surface area contributed by atoms with Crippen molar-refractivity contribution in [2.45, 2.75) is 18.9 Å². The van der Waals surface area contributed by atoms with E-state index < -0.39 is 0 Å². The number of rotatable bonds is 4. The lowest BCUT2D eigenvalue weighted by Gasteiger charge is -2.31. The van der Waals surface area contributed by atoms with Gasteiger partial charge in [-0.2, -0.15) is 5.06 Å². The summed E-state index contributed by atoms with van der Waals surface area (Å²) in [6.45, 7) is 2.00. The van der Waals surface area contributed by atoms with Crippen molar-refractivity contribution in [3.63, 3.8) is 0 Å². The van der Waals surface area contributed by atoms with Crippen LogP contribution in [0.3, 0.4) is 0 Å². The Morgan fingerprint density at radius 3 is 2.75 bits per heavy atom. The molecule has 3 rings (SSSR count). The number of piperidine rings is 1. The smallest absolute Gasteiger partial charge is 0.0575 e. The van der Waals surface area contributed by atoms with Gasteiger partial charge in [0.1, 0.15) is 0 Å². The van der Waals surface area contributed by atoms with Crippen LogP contribution in [0.2, 0.25) is 0 Å². The molecule has 1 aliphatic heterocycles. The third kappa shape index (κ3) is 3.20. The highest BCUT2D eigenvalue weighted by molar-refractivity contribution is 7.13. The van der Waals surface area contributed by atoms with E-state index >= 15 is 0 Å². The van der Waals surface area contributed by atoms with Gasteiger partial charge >= 0.3 is 0 Å². The topological polar surface area (TPSA) is 24.5 Å². The molecule has 1 aromatic carbocycles. The van der Waals surface area contributed by atoms with Gasteiger partial charge in [0.2, 0.25) is 0 Å². The van der Waals surface area contributed by atoms with Crippen LogP contribution in [0.4, 0.5) is 5.69 Å². The van der Waals surface area contributed by atoms with Crippen LogP contribution in [-0.2, 0) is 4.84 Å². The van der Waals surface area contributed by atoms with Gasteiger partial charge in [-0.25, -0.2) is 0 Å². The van der Waals surface area contributed by atoms with E-state index in [1.54, 1.807) is 18.4 Å². The molecule has 0 amide bonds. The van der Waals surface area contributed by atoms with Gasteiger partial charge in [-0.1, -0.05) is 18.2 Å². The van der Waals surface area contributed by atoms with Crippen LogP contribution in [-0.4, -0.2) is 31.3 Å². The summed E-state index contributed by atoms with van der Waals surface area (Å²) in [5.41, 5.74) is 2.51. The summed E-state index contributed by atoms with van der Waals surface area (Å²) in [7, 11) is 1.75. The molecule has 1 aromatic heterocycles. The van der Waals surface area contributed by atoms with Crippen molar-refractivity contribution in [3.05, 3.63) is 41.8 Å². The number of hydroxylamine groups is 2. The highest BCUT2D eigenvalue weighted by Gasteiger charge is 2.18. The lowest BCUT2D eigenvalue weighted by Crippen LogP contribution is -2.38. The zero-order chi connectivity index (χ0) is 13.8. The molecule has 2 aromatic rings. The first kappa shape index (κ1) is 13.6. The quantitative estimate of drug-likeness (QED) is 0.924. The van der Waals surface area contributed by atoms with E-state index in [2.05, 4.69) is 47.1 Å². The summed E-state index contributed by atoms with van der Waals surface area (Å²) in [4.78, 5) is 6.59. The van der Waals surface area contributed by atoms with Crippen molar-refractivity contribution in [3.8, 4) is 10.4 Å². The first-order valence-electron chi connectivity index (χ1n) is 7.04. The Labute approximate surface area is 124 Å². The highest BCUT2D eigenvalue weighted by Crippen LogP contribution is 2.27. The fourth-order valence-corrected chi connectivity index (χ4v) is 3.35. The van der Waals surface area contributed by atoms with Crippen molar-refractivity contribution in [1.29, 1.82) is 0 Å². The fourth-order valence-electron chi connectivity index (χ4n) is 2.62. The van der Waals surface area contributed by atoms with Crippen LogP contribution in [0.15, 0.2) is 41.8 Å². The molecule has 0 atom stereocenters. The monoisotopic (exact) mass is 288 g/mol. The normalized spacial score (nSPS) is 17.2. The number of thiophene rings is 1. The molecule has 2 heterocycles. The summed E-state index contributed by atoms with van der Waals surface area (Å²) in [6.07, 6.45) is 2.24. The van der Waals surface area contributed by atoms with E-state index in [0.29, 0.717) is 6.04 Å². The van der Waals surface area contributed by atoms with Gasteiger partial charge in [0.05, 0.1) is 7.11 Å². The van der Waals surface area contributed by atoms with Crippen LogP contribution in [0.1, 0.15) is 12.8 Å². The first-order chi connectivity index (χ1) is 9.85. The molecule has 0 spiro atoms. The Morgan fingerprint density at radius 2 is 2.05 bits per heavy atom. The van der Waals surface area contributed by atoms with Crippen molar-refractivity contribution < 1.29 is 4.84 Å². The van der Waals surface area contributed by atoms with Crippen LogP contribution < -0.4 is 5.32 Å². The van der Waals surface area contributed by atoms with Gasteiger partial charge in [-0.3, -0.25) is 0 Å². The van der Waals surface area contributed by atoms with E-state index in [0.717, 1.165) is 25.9 Å². The summed E-state index contributed by atoms with van der Waals surface area (Å²) in [5, 5.41) is 7.80. The standard InChI is InChI=1S/C16H20N2OS/c1-19-18-9-7-14(8-10-18)17-15-5-2-4-13(12-15)16-6-3-11-20-16/h2-6,11-12,14,17H,7-10H2,1H3. The van der Waals surface area contributed by atoms with Gasteiger partial charge in [0, 0.05) is 29.7 Å². The number of benzene rings is 1. The first-order valence-corrected chi connectivity index (χ1v) is 7.92. The minimum absolute atomic E-state index is 0.542. The Hall–Kier alpha value is -1.36. The van der Waals surface area contributed by atoms with Crippen LogP contribution >= 0.6 is 11.3 Å². The zero-order valence-corrected chi connectivity index (χ0v) is 12.5. The molecule has 0 saturated carbocycles. The summed E-state index contributed by atoms with van der Waals surface area (Å²) >= 11 is 1.78. The molecule has 0 radical (unpaired) electrons. The Kier molecular flexibility index (Phi) is 4.35. The lowest BCUT2D eigenvalue weighted by molar-refractivity contribution is -0.142. The van der Waals surface area contributed by atoms with Gasteiger partial charge in [0.15, 0.2) is 0 Å². The zero-order valence-electron chi connectivity index (χ0n) is 11.7. The molecule has 106 valence electrons. The van der Waals surface area contributed by atoms with Gasteiger partial charge in [-0.05, 0) is 42.0 Å². The van der Waals surface area contributed by atoms with E-state index in [9.17, 15) is 0 Å². The van der Waals surface area contributed by atoms with Crippen molar-refractivity contribution in [2.24, 2.45) is 0 Å². The maximum absolute atomic E-state index is 5.26. The molecule has 1 aliphatic rings. The van der Waals surface area contributed by atoms with Gasteiger partial charge in [0.25, 0.3) is 0 Å². The second kappa shape index (κ2) is 6.39. The molecule has 0 aliphatic carbocycles. The molecule has 0 unspecified atom stereocenters. The van der Waals surface area contributed by atoms with Gasteiger partial charge < -0.3 is 10.2 Å². The molecule has 20 heavy (non-hydrogen) atoms. The Balaban J connectivity index is 1.65. The molecule has 1 fully saturated rings. The largest absolute Gasteiger partial charge is 0.382 e. The predicted molar refractivity (Wildman–Crippen MR) is 85.0 cm³/mol. The minimum Gasteiger partial charge on any atom is -0.382 e. The third-order valence-corrected chi connectivity index (χ3v) is 4.67. The molecule has 0 bridgehead atoms. The predicted octanol–water partition coefficient (Wildman–Crippen LogP) is 3.85. The van der Waals surface area contributed by atoms with Gasteiger partial charge in [-0.15, -0.1) is 11.3 Å². The molecule has 3 nitrogen and oxygen atoms in total. The second-order valence-electron chi connectivity index (χ2n) is 5.09. The average Bonchev–Trinajstić information content (AvgIpc) is 3.03. The molecular weight excluding hydrogens is 268 g/mol. The number of hydrogen-bond donors (Lipinski definition) is 1.